The molecule has 0 aliphatic heterocycles. The highest BCUT2D eigenvalue weighted by Gasteiger charge is 2.16. The van der Waals surface area contributed by atoms with Crippen molar-refractivity contribution in [2.75, 3.05) is 26.0 Å². The fourth-order valence-corrected chi connectivity index (χ4v) is 1.39. The molecule has 1 rings (SSSR count). The largest absolute Gasteiger partial charge is 0.385 e. The molecular formula is C11H20N4O2. The third-order valence-corrected chi connectivity index (χ3v) is 2.55. The summed E-state index contributed by atoms with van der Waals surface area (Å²) in [6.07, 6.45) is 2.57. The van der Waals surface area contributed by atoms with E-state index < -0.39 is 0 Å². The normalized spacial score (nSPS) is 12.4. The van der Waals surface area contributed by atoms with Gasteiger partial charge in [0.25, 0.3) is 0 Å². The number of amides is 1. The van der Waals surface area contributed by atoms with Gasteiger partial charge in [0.1, 0.15) is 11.9 Å². The number of hydrogen-bond acceptors (Lipinski definition) is 4. The second kappa shape index (κ2) is 6.24. The molecule has 1 amide bonds. The maximum absolute atomic E-state index is 11.8. The van der Waals surface area contributed by atoms with Crippen molar-refractivity contribution < 1.29 is 9.53 Å². The number of carbonyl (C=O) groups is 1. The SMILES string of the molecule is COCCCNC(=O)C(C)n1cc(C)c(N)n1. The van der Waals surface area contributed by atoms with Crippen molar-refractivity contribution >= 4 is 11.7 Å². The average Bonchev–Trinajstić information content (AvgIpc) is 2.64. The molecule has 1 heterocycles. The predicted octanol–water partition coefficient (Wildman–Crippen LogP) is 0.487. The van der Waals surface area contributed by atoms with Gasteiger partial charge in [-0.25, -0.2) is 0 Å². The van der Waals surface area contributed by atoms with Crippen LogP contribution in [0.5, 0.6) is 0 Å². The van der Waals surface area contributed by atoms with Gasteiger partial charge < -0.3 is 15.8 Å². The lowest BCUT2D eigenvalue weighted by atomic mass is 10.3. The first-order chi connectivity index (χ1) is 8.06. The Morgan fingerprint density at radius 1 is 1.71 bits per heavy atom. The van der Waals surface area contributed by atoms with E-state index in [1.54, 1.807) is 24.9 Å². The molecule has 0 spiro atoms. The Balaban J connectivity index is 2.46. The molecular weight excluding hydrogens is 220 g/mol. The Morgan fingerprint density at radius 2 is 2.41 bits per heavy atom. The van der Waals surface area contributed by atoms with Crippen LogP contribution in [0.3, 0.4) is 0 Å². The third kappa shape index (κ3) is 3.74. The summed E-state index contributed by atoms with van der Waals surface area (Å²) in [6.45, 7) is 4.90. The molecule has 1 aromatic rings. The third-order valence-electron chi connectivity index (χ3n) is 2.55. The molecule has 0 fully saturated rings. The summed E-state index contributed by atoms with van der Waals surface area (Å²) in [5, 5.41) is 6.91. The van der Waals surface area contributed by atoms with Gasteiger partial charge in [0.05, 0.1) is 0 Å². The second-order valence-electron chi connectivity index (χ2n) is 3.99. The molecule has 0 radical (unpaired) electrons. The molecule has 1 atom stereocenters. The molecule has 17 heavy (non-hydrogen) atoms. The first kappa shape index (κ1) is 13.5. The van der Waals surface area contributed by atoms with Crippen LogP contribution in [-0.4, -0.2) is 35.9 Å². The molecule has 3 N–H and O–H groups in total. The van der Waals surface area contributed by atoms with E-state index in [-0.39, 0.29) is 11.9 Å². The highest BCUT2D eigenvalue weighted by Crippen LogP contribution is 2.11. The lowest BCUT2D eigenvalue weighted by molar-refractivity contribution is -0.124. The van der Waals surface area contributed by atoms with Gasteiger partial charge in [-0.15, -0.1) is 0 Å². The highest BCUT2D eigenvalue weighted by molar-refractivity contribution is 5.79. The molecule has 1 aromatic heterocycles. The van der Waals surface area contributed by atoms with E-state index in [0.717, 1.165) is 12.0 Å². The van der Waals surface area contributed by atoms with Gasteiger partial charge in [0.2, 0.25) is 5.91 Å². The number of rotatable bonds is 6. The Kier molecular flexibility index (Phi) is 4.96. The van der Waals surface area contributed by atoms with Crippen LogP contribution >= 0.6 is 0 Å². The van der Waals surface area contributed by atoms with Crippen molar-refractivity contribution in [1.29, 1.82) is 0 Å². The summed E-state index contributed by atoms with van der Waals surface area (Å²) in [6, 6.07) is -0.353. The van der Waals surface area contributed by atoms with Gasteiger partial charge in [0.15, 0.2) is 0 Å². The molecule has 0 bridgehead atoms. The zero-order valence-electron chi connectivity index (χ0n) is 10.6. The summed E-state index contributed by atoms with van der Waals surface area (Å²) < 4.78 is 6.48. The Bertz CT molecular complexity index is 356. The van der Waals surface area contributed by atoms with Gasteiger partial charge in [-0.1, -0.05) is 0 Å². The number of anilines is 1. The first-order valence-corrected chi connectivity index (χ1v) is 5.64. The first-order valence-electron chi connectivity index (χ1n) is 5.64. The van der Waals surface area contributed by atoms with Crippen LogP contribution in [0.4, 0.5) is 5.82 Å². The topological polar surface area (TPSA) is 82.2 Å². The Labute approximate surface area is 101 Å². The van der Waals surface area contributed by atoms with E-state index in [2.05, 4.69) is 10.4 Å². The van der Waals surface area contributed by atoms with Crippen molar-refractivity contribution in [1.82, 2.24) is 15.1 Å². The lowest BCUT2D eigenvalue weighted by Crippen LogP contribution is -2.32. The molecule has 0 saturated heterocycles. The number of nitrogen functional groups attached to an aromatic ring is 1. The van der Waals surface area contributed by atoms with Gasteiger partial charge in [0, 0.05) is 32.0 Å². The van der Waals surface area contributed by atoms with Gasteiger partial charge in [-0.2, -0.15) is 5.10 Å². The fraction of sp³-hybridized carbons (Fsp3) is 0.636. The van der Waals surface area contributed by atoms with Gasteiger partial charge >= 0.3 is 0 Å². The number of ether oxygens (including phenoxy) is 1. The second-order valence-corrected chi connectivity index (χ2v) is 3.99. The van der Waals surface area contributed by atoms with Crippen molar-refractivity contribution in [2.24, 2.45) is 0 Å². The standard InChI is InChI=1S/C11H20N4O2/c1-8-7-15(14-10(8)12)9(2)11(16)13-5-4-6-17-3/h7,9H,4-6H2,1-3H3,(H2,12,14)(H,13,16). The quantitative estimate of drug-likeness (QED) is 0.709. The number of hydrogen-bond donors (Lipinski definition) is 2. The maximum atomic E-state index is 11.8. The number of nitrogens with one attached hydrogen (secondary N) is 1. The molecule has 0 saturated carbocycles. The van der Waals surface area contributed by atoms with E-state index in [1.165, 1.54) is 0 Å². The van der Waals surface area contributed by atoms with Crippen LogP contribution in [0.2, 0.25) is 0 Å². The minimum Gasteiger partial charge on any atom is -0.385 e. The van der Waals surface area contributed by atoms with Crippen LogP contribution in [0.25, 0.3) is 0 Å². The highest BCUT2D eigenvalue weighted by atomic mass is 16.5. The number of nitrogens with zero attached hydrogens (tertiary/aromatic N) is 2. The van der Waals surface area contributed by atoms with E-state index in [9.17, 15) is 4.79 Å². The van der Waals surface area contributed by atoms with Gasteiger partial charge in [-0.3, -0.25) is 9.48 Å². The van der Waals surface area contributed by atoms with E-state index in [4.69, 9.17) is 10.5 Å². The Hall–Kier alpha value is -1.56. The van der Waals surface area contributed by atoms with Crippen molar-refractivity contribution in [2.45, 2.75) is 26.3 Å². The van der Waals surface area contributed by atoms with Crippen molar-refractivity contribution in [3.05, 3.63) is 11.8 Å². The van der Waals surface area contributed by atoms with Crippen LogP contribution in [0.1, 0.15) is 24.9 Å². The summed E-state index contributed by atoms with van der Waals surface area (Å²) in [7, 11) is 1.64. The average molecular weight is 240 g/mol. The fourth-order valence-electron chi connectivity index (χ4n) is 1.39. The molecule has 0 aliphatic rings. The molecule has 0 aliphatic carbocycles. The molecule has 1 unspecified atom stereocenters. The number of aromatic nitrogens is 2. The van der Waals surface area contributed by atoms with E-state index >= 15 is 0 Å². The van der Waals surface area contributed by atoms with Crippen LogP contribution in [0.15, 0.2) is 6.20 Å². The summed E-state index contributed by atoms with van der Waals surface area (Å²) in [5.74, 6) is 0.396. The van der Waals surface area contributed by atoms with Crippen molar-refractivity contribution in [3.63, 3.8) is 0 Å². The maximum Gasteiger partial charge on any atom is 0.244 e. The van der Waals surface area contributed by atoms with Crippen LogP contribution in [-0.2, 0) is 9.53 Å². The van der Waals surface area contributed by atoms with Crippen LogP contribution < -0.4 is 11.1 Å². The number of carbonyl (C=O) groups excluding carboxylic acids is 1. The predicted molar refractivity (Wildman–Crippen MR) is 65.6 cm³/mol. The number of nitrogens with two attached hydrogens (primary N) is 1. The number of methoxy groups -OCH3 is 1. The Morgan fingerprint density at radius 3 is 2.94 bits per heavy atom. The van der Waals surface area contributed by atoms with E-state index in [1.807, 2.05) is 6.92 Å². The lowest BCUT2D eigenvalue weighted by Gasteiger charge is -2.12. The zero-order valence-corrected chi connectivity index (χ0v) is 10.6. The summed E-state index contributed by atoms with van der Waals surface area (Å²) in [5.41, 5.74) is 6.52. The summed E-state index contributed by atoms with van der Waals surface area (Å²) >= 11 is 0. The molecule has 6 heteroatoms. The summed E-state index contributed by atoms with van der Waals surface area (Å²) in [4.78, 5) is 11.8. The van der Waals surface area contributed by atoms with Crippen LogP contribution in [0, 0.1) is 6.92 Å². The molecule has 96 valence electrons. The number of aryl methyl sites for hydroxylation is 1. The zero-order chi connectivity index (χ0) is 12.8. The van der Waals surface area contributed by atoms with Gasteiger partial charge in [-0.05, 0) is 20.3 Å². The minimum absolute atomic E-state index is 0.0661. The minimum atomic E-state index is -0.353. The van der Waals surface area contributed by atoms with E-state index in [0.29, 0.717) is 19.0 Å². The smallest absolute Gasteiger partial charge is 0.244 e. The molecule has 6 nitrogen and oxygen atoms in total. The monoisotopic (exact) mass is 240 g/mol. The molecule has 0 aromatic carbocycles. The van der Waals surface area contributed by atoms with Crippen molar-refractivity contribution in [3.8, 4) is 0 Å².